The van der Waals surface area contributed by atoms with Crippen LogP contribution >= 0.6 is 0 Å². The maximum absolute atomic E-state index is 10.7. The van der Waals surface area contributed by atoms with Gasteiger partial charge in [-0.25, -0.2) is 0 Å². The number of nitrogens with zero attached hydrogens (tertiary/aromatic N) is 1. The molecule has 2 aliphatic carbocycles. The van der Waals surface area contributed by atoms with Crippen molar-refractivity contribution in [2.45, 2.75) is 91.8 Å². The Labute approximate surface area is 237 Å². The molecular weight excluding hydrogens is 635 g/mol. The van der Waals surface area contributed by atoms with Gasteiger partial charge in [-0.1, -0.05) is 66.2 Å². The molecule has 2 saturated carbocycles. The number of benzene rings is 2. The molecule has 4 atom stereocenters. The largest absolute Gasteiger partial charge is 0.392 e. The molecule has 0 amide bonds. The van der Waals surface area contributed by atoms with Gasteiger partial charge in [-0.05, 0) is 76.4 Å². The van der Waals surface area contributed by atoms with E-state index in [1.54, 1.807) is 0 Å². The van der Waals surface area contributed by atoms with Gasteiger partial charge in [0.25, 0.3) is 0 Å². The summed E-state index contributed by atoms with van der Waals surface area (Å²) in [5.41, 5.74) is 3.32. The zero-order chi connectivity index (χ0) is 26.1. The van der Waals surface area contributed by atoms with Crippen molar-refractivity contribution in [3.63, 3.8) is 0 Å². The molecule has 1 aromatic heterocycles. The van der Waals surface area contributed by atoms with Crippen LogP contribution in [0.5, 0.6) is 0 Å². The van der Waals surface area contributed by atoms with E-state index in [4.69, 9.17) is 0 Å². The van der Waals surface area contributed by atoms with Gasteiger partial charge in [0.2, 0.25) is 0 Å². The van der Waals surface area contributed by atoms with Crippen LogP contribution in [0, 0.1) is 28.7 Å². The Bertz CT molecular complexity index is 1160. The van der Waals surface area contributed by atoms with E-state index in [0.717, 1.165) is 24.1 Å². The first-order chi connectivity index (χ1) is 17.0. The summed E-state index contributed by atoms with van der Waals surface area (Å²) in [6.07, 6.45) is 6.86. The number of fused-ring (bicyclic) bond motifs is 2. The fourth-order valence-corrected chi connectivity index (χ4v) is 6.23. The third kappa shape index (κ3) is 6.53. The number of aliphatic hydroxyl groups is 2. The maximum atomic E-state index is 10.7. The number of aliphatic hydroxyl groups excluding tert-OH is 2. The van der Waals surface area contributed by atoms with Crippen LogP contribution in [-0.2, 0) is 20.1 Å². The number of hydrogen-bond donors (Lipinski definition) is 2. The van der Waals surface area contributed by atoms with E-state index in [0.29, 0.717) is 11.8 Å². The summed E-state index contributed by atoms with van der Waals surface area (Å²) in [6, 6.07) is 20.0. The summed E-state index contributed by atoms with van der Waals surface area (Å²) in [7, 11) is 0. The molecule has 3 aromatic rings. The van der Waals surface area contributed by atoms with Crippen molar-refractivity contribution in [2.24, 2.45) is 22.7 Å². The normalized spacial score (nSPS) is 26.3. The monoisotopic (exact) mass is 679 g/mol. The van der Waals surface area contributed by atoms with Crippen LogP contribution in [0.2, 0.25) is 0 Å². The van der Waals surface area contributed by atoms with Gasteiger partial charge < -0.3 is 15.2 Å². The predicted octanol–water partition coefficient (Wildman–Crippen LogP) is 7.79. The minimum absolute atomic E-state index is 0. The van der Waals surface area contributed by atoms with Gasteiger partial charge >= 0.3 is 0 Å². The second kappa shape index (κ2) is 12.1. The fourth-order valence-electron chi connectivity index (χ4n) is 6.23. The van der Waals surface area contributed by atoms with E-state index in [2.05, 4.69) is 82.9 Å². The molecule has 37 heavy (non-hydrogen) atoms. The molecule has 0 aliphatic heterocycles. The van der Waals surface area contributed by atoms with E-state index in [-0.39, 0.29) is 49.1 Å². The molecule has 1 heterocycles. The Hall–Kier alpha value is -1.58. The zero-order valence-electron chi connectivity index (χ0n) is 23.3. The average molecular weight is 679 g/mol. The number of pyridine rings is 1. The van der Waals surface area contributed by atoms with Crippen LogP contribution in [0.4, 0.5) is 0 Å². The zero-order valence-corrected chi connectivity index (χ0v) is 25.7. The van der Waals surface area contributed by atoms with Crippen LogP contribution in [0.25, 0.3) is 22.0 Å². The van der Waals surface area contributed by atoms with Crippen LogP contribution in [0.15, 0.2) is 54.7 Å². The van der Waals surface area contributed by atoms with Gasteiger partial charge in [-0.2, -0.15) is 0 Å². The first-order valence-electron chi connectivity index (χ1n) is 13.7. The topological polar surface area (TPSA) is 53.4 Å². The van der Waals surface area contributed by atoms with Gasteiger partial charge in [-0.15, -0.1) is 35.9 Å². The molecule has 0 bridgehead atoms. The molecule has 2 aliphatic rings. The minimum Gasteiger partial charge on any atom is -0.392 e. The molecule has 0 spiro atoms. The molecule has 3 nitrogen and oxygen atoms in total. The average Bonchev–Trinajstić information content (AvgIpc) is 2.97. The van der Waals surface area contributed by atoms with Crippen LogP contribution in [0.3, 0.4) is 0 Å². The van der Waals surface area contributed by atoms with Gasteiger partial charge in [0.15, 0.2) is 0 Å². The smallest absolute Gasteiger partial charge is 0.0646 e. The molecule has 1 radical (unpaired) electrons. The van der Waals surface area contributed by atoms with Gasteiger partial charge in [0, 0.05) is 32.2 Å². The third-order valence-electron chi connectivity index (χ3n) is 8.85. The molecule has 2 fully saturated rings. The Morgan fingerprint density at radius 2 is 1.62 bits per heavy atom. The summed E-state index contributed by atoms with van der Waals surface area (Å²) in [4.78, 5) is 4.55. The van der Waals surface area contributed by atoms with E-state index in [9.17, 15) is 10.2 Å². The second-order valence-corrected chi connectivity index (χ2v) is 12.7. The fraction of sp³-hybridized carbons (Fsp3) is 0.545. The molecule has 0 saturated heterocycles. The Morgan fingerprint density at radius 3 is 2.27 bits per heavy atom. The van der Waals surface area contributed by atoms with Crippen LogP contribution < -0.4 is 0 Å². The van der Waals surface area contributed by atoms with Crippen molar-refractivity contribution in [3.05, 3.63) is 66.4 Å². The minimum atomic E-state index is -0.357. The van der Waals surface area contributed by atoms with Crippen molar-refractivity contribution >= 4 is 10.8 Å². The second-order valence-electron chi connectivity index (χ2n) is 12.7. The number of hydrogen-bond acceptors (Lipinski definition) is 3. The summed E-state index contributed by atoms with van der Waals surface area (Å²) < 4.78 is 0. The van der Waals surface area contributed by atoms with Crippen molar-refractivity contribution in [1.82, 2.24) is 4.98 Å². The van der Waals surface area contributed by atoms with Gasteiger partial charge in [-0.3, -0.25) is 0 Å². The van der Waals surface area contributed by atoms with E-state index in [1.165, 1.54) is 35.6 Å². The first kappa shape index (κ1) is 30.0. The number of aromatic nitrogens is 1. The van der Waals surface area contributed by atoms with Crippen molar-refractivity contribution in [3.8, 4) is 11.3 Å². The molecule has 5 rings (SSSR count). The SMILES string of the molecule is CC(C)c1ccc2ccnc(-c3[c-]cccc3)c2c1.CC1(C)CCCC2CCC(C)(C)C(O)C2C1O.[Ir]. The Balaban J connectivity index is 0.000000201. The molecule has 4 heteroatoms. The molecule has 2 N–H and O–H groups in total. The van der Waals surface area contributed by atoms with Crippen molar-refractivity contribution < 1.29 is 30.3 Å². The van der Waals surface area contributed by atoms with Crippen molar-refractivity contribution in [1.29, 1.82) is 0 Å². The van der Waals surface area contributed by atoms with E-state index in [1.807, 2.05) is 24.4 Å². The van der Waals surface area contributed by atoms with Gasteiger partial charge in [0.05, 0.1) is 12.2 Å². The van der Waals surface area contributed by atoms with E-state index < -0.39 is 0 Å². The number of rotatable bonds is 2. The summed E-state index contributed by atoms with van der Waals surface area (Å²) in [5.74, 6) is 1.13. The van der Waals surface area contributed by atoms with Crippen LogP contribution in [0.1, 0.15) is 85.1 Å². The summed E-state index contributed by atoms with van der Waals surface area (Å²) in [6.45, 7) is 13.0. The Kier molecular flexibility index (Phi) is 9.78. The molecular formula is C33H44IrNO2-. The maximum Gasteiger partial charge on any atom is 0.0646 e. The van der Waals surface area contributed by atoms with E-state index >= 15 is 0 Å². The predicted molar refractivity (Wildman–Crippen MR) is 150 cm³/mol. The standard InChI is InChI=1S/C18H16N.C15H28O2.Ir/c1-13(2)16-9-8-14-10-11-19-18(17(14)12-16)15-6-4-3-5-7-15;1-14(2)8-5-6-10-7-9-15(3,4)13(17)11(10)12(14)16;/h3-6,8-13H,1-2H3;10-13,16-17H,5-9H2,1-4H3;/q-1;;. The summed E-state index contributed by atoms with van der Waals surface area (Å²) >= 11 is 0. The first-order valence-corrected chi connectivity index (χ1v) is 13.7. The third-order valence-corrected chi connectivity index (χ3v) is 8.85. The molecule has 2 aromatic carbocycles. The summed E-state index contributed by atoms with van der Waals surface area (Å²) in [5, 5.41) is 23.7. The van der Waals surface area contributed by atoms with Crippen molar-refractivity contribution in [2.75, 3.05) is 0 Å². The quantitative estimate of drug-likeness (QED) is 0.272. The van der Waals surface area contributed by atoms with Crippen LogP contribution in [-0.4, -0.2) is 27.4 Å². The van der Waals surface area contributed by atoms with Gasteiger partial charge in [0.1, 0.15) is 0 Å². The molecule has 4 unspecified atom stereocenters. The molecule has 203 valence electrons. The Morgan fingerprint density at radius 1 is 0.919 bits per heavy atom.